The molecule has 0 aromatic carbocycles. The number of carbonyl (C=O) groups excluding carboxylic acids is 1. The summed E-state index contributed by atoms with van der Waals surface area (Å²) in [6.07, 6.45) is 11.2. The van der Waals surface area contributed by atoms with Crippen LogP contribution in [0.4, 0.5) is 0 Å². The van der Waals surface area contributed by atoms with Crippen LogP contribution in [0.1, 0.15) is 57.8 Å². The predicted molar refractivity (Wildman–Crippen MR) is 76.8 cm³/mol. The standard InChI is InChI=1S/C14H26N2O.ClH/c15-9-8-14(17)16-10-4-7-13(16)11-12-5-2-1-3-6-12;/h12-13H,1-11,15H2;1H. The molecule has 2 fully saturated rings. The van der Waals surface area contributed by atoms with Gasteiger partial charge in [0.25, 0.3) is 0 Å². The Morgan fingerprint density at radius 3 is 2.50 bits per heavy atom. The molecule has 1 heterocycles. The minimum atomic E-state index is 0. The molecule has 106 valence electrons. The van der Waals surface area contributed by atoms with Gasteiger partial charge < -0.3 is 10.6 Å². The van der Waals surface area contributed by atoms with Crippen LogP contribution in [-0.4, -0.2) is 29.9 Å². The number of nitrogens with two attached hydrogens (primary N) is 1. The summed E-state index contributed by atoms with van der Waals surface area (Å²) in [7, 11) is 0. The average molecular weight is 275 g/mol. The van der Waals surface area contributed by atoms with Crippen LogP contribution < -0.4 is 5.73 Å². The van der Waals surface area contributed by atoms with Crippen LogP contribution in [0.15, 0.2) is 0 Å². The SMILES string of the molecule is Cl.NCCC(=O)N1CCCC1CC1CCCCC1. The van der Waals surface area contributed by atoms with E-state index in [1.807, 2.05) is 0 Å². The van der Waals surface area contributed by atoms with Gasteiger partial charge >= 0.3 is 0 Å². The van der Waals surface area contributed by atoms with Gasteiger partial charge in [-0.15, -0.1) is 12.4 Å². The molecule has 1 saturated carbocycles. The van der Waals surface area contributed by atoms with E-state index in [9.17, 15) is 4.79 Å². The fourth-order valence-corrected chi connectivity index (χ4v) is 3.48. The summed E-state index contributed by atoms with van der Waals surface area (Å²) >= 11 is 0. The van der Waals surface area contributed by atoms with Gasteiger partial charge in [-0.05, 0) is 25.2 Å². The fraction of sp³-hybridized carbons (Fsp3) is 0.929. The number of likely N-dealkylation sites (tertiary alicyclic amines) is 1. The van der Waals surface area contributed by atoms with E-state index in [1.165, 1.54) is 51.4 Å². The molecule has 3 nitrogen and oxygen atoms in total. The Kier molecular flexibility index (Phi) is 7.02. The van der Waals surface area contributed by atoms with Crippen molar-refractivity contribution in [3.05, 3.63) is 0 Å². The molecular weight excluding hydrogens is 248 g/mol. The average Bonchev–Trinajstić information content (AvgIpc) is 2.79. The largest absolute Gasteiger partial charge is 0.340 e. The Hall–Kier alpha value is -0.280. The lowest BCUT2D eigenvalue weighted by Crippen LogP contribution is -2.37. The highest BCUT2D eigenvalue weighted by Crippen LogP contribution is 2.32. The Labute approximate surface area is 117 Å². The van der Waals surface area contributed by atoms with E-state index in [0.29, 0.717) is 19.0 Å². The Balaban J connectivity index is 0.00000162. The second-order valence-electron chi connectivity index (χ2n) is 5.66. The molecule has 0 aromatic rings. The highest BCUT2D eigenvalue weighted by atomic mass is 35.5. The molecule has 1 unspecified atom stereocenters. The number of rotatable bonds is 4. The van der Waals surface area contributed by atoms with Gasteiger partial charge in [0, 0.05) is 25.6 Å². The van der Waals surface area contributed by atoms with Crippen molar-refractivity contribution in [1.29, 1.82) is 0 Å². The molecule has 2 rings (SSSR count). The molecule has 1 saturated heterocycles. The molecule has 1 aliphatic heterocycles. The van der Waals surface area contributed by atoms with E-state index < -0.39 is 0 Å². The summed E-state index contributed by atoms with van der Waals surface area (Å²) in [5.74, 6) is 1.16. The molecular formula is C14H27ClN2O. The van der Waals surface area contributed by atoms with Crippen LogP contribution in [0.25, 0.3) is 0 Å². The van der Waals surface area contributed by atoms with Gasteiger partial charge in [0.15, 0.2) is 0 Å². The highest BCUT2D eigenvalue weighted by Gasteiger charge is 2.30. The first-order valence-corrected chi connectivity index (χ1v) is 7.31. The summed E-state index contributed by atoms with van der Waals surface area (Å²) in [5.41, 5.74) is 5.48. The van der Waals surface area contributed by atoms with Crippen molar-refractivity contribution >= 4 is 18.3 Å². The van der Waals surface area contributed by atoms with Crippen LogP contribution in [0.2, 0.25) is 0 Å². The minimum absolute atomic E-state index is 0. The Morgan fingerprint density at radius 1 is 1.11 bits per heavy atom. The lowest BCUT2D eigenvalue weighted by Gasteiger charge is -2.30. The van der Waals surface area contributed by atoms with Crippen molar-refractivity contribution in [3.63, 3.8) is 0 Å². The van der Waals surface area contributed by atoms with Crippen LogP contribution in [-0.2, 0) is 4.79 Å². The molecule has 0 bridgehead atoms. The predicted octanol–water partition coefficient (Wildman–Crippen LogP) is 2.72. The van der Waals surface area contributed by atoms with Crippen molar-refractivity contribution in [1.82, 2.24) is 4.90 Å². The third-order valence-electron chi connectivity index (χ3n) is 4.39. The third kappa shape index (κ3) is 4.13. The number of hydrogen-bond acceptors (Lipinski definition) is 2. The van der Waals surface area contributed by atoms with E-state index in [0.717, 1.165) is 12.5 Å². The minimum Gasteiger partial charge on any atom is -0.340 e. The molecule has 1 aliphatic carbocycles. The summed E-state index contributed by atoms with van der Waals surface area (Å²) in [4.78, 5) is 14.1. The van der Waals surface area contributed by atoms with Crippen molar-refractivity contribution in [3.8, 4) is 0 Å². The number of halogens is 1. The molecule has 4 heteroatoms. The van der Waals surface area contributed by atoms with Gasteiger partial charge in [0.2, 0.25) is 5.91 Å². The summed E-state index contributed by atoms with van der Waals surface area (Å²) in [6, 6.07) is 0.525. The number of amides is 1. The zero-order valence-corrected chi connectivity index (χ0v) is 12.1. The quantitative estimate of drug-likeness (QED) is 0.857. The highest BCUT2D eigenvalue weighted by molar-refractivity contribution is 5.85. The maximum Gasteiger partial charge on any atom is 0.224 e. The van der Waals surface area contributed by atoms with Crippen molar-refractivity contribution in [2.45, 2.75) is 63.8 Å². The Bertz CT molecular complexity index is 254. The first-order valence-electron chi connectivity index (χ1n) is 7.31. The van der Waals surface area contributed by atoms with Crippen molar-refractivity contribution in [2.75, 3.05) is 13.1 Å². The van der Waals surface area contributed by atoms with Crippen molar-refractivity contribution in [2.24, 2.45) is 11.7 Å². The maximum absolute atomic E-state index is 11.9. The summed E-state index contributed by atoms with van der Waals surface area (Å²) in [5, 5.41) is 0. The fourth-order valence-electron chi connectivity index (χ4n) is 3.48. The Morgan fingerprint density at radius 2 is 1.83 bits per heavy atom. The lowest BCUT2D eigenvalue weighted by molar-refractivity contribution is -0.132. The molecule has 2 N–H and O–H groups in total. The van der Waals surface area contributed by atoms with Crippen LogP contribution >= 0.6 is 12.4 Å². The molecule has 0 aromatic heterocycles. The van der Waals surface area contributed by atoms with E-state index in [-0.39, 0.29) is 18.3 Å². The summed E-state index contributed by atoms with van der Waals surface area (Å²) in [6.45, 7) is 1.46. The lowest BCUT2D eigenvalue weighted by atomic mass is 9.84. The summed E-state index contributed by atoms with van der Waals surface area (Å²) < 4.78 is 0. The van der Waals surface area contributed by atoms with E-state index in [1.54, 1.807) is 0 Å². The first kappa shape index (κ1) is 15.8. The van der Waals surface area contributed by atoms with Crippen molar-refractivity contribution < 1.29 is 4.79 Å². The van der Waals surface area contributed by atoms with Gasteiger partial charge in [-0.2, -0.15) is 0 Å². The van der Waals surface area contributed by atoms with E-state index in [2.05, 4.69) is 4.90 Å². The monoisotopic (exact) mass is 274 g/mol. The van der Waals surface area contributed by atoms with Gasteiger partial charge in [0.1, 0.15) is 0 Å². The second kappa shape index (κ2) is 8.00. The molecule has 18 heavy (non-hydrogen) atoms. The van der Waals surface area contributed by atoms with E-state index >= 15 is 0 Å². The zero-order chi connectivity index (χ0) is 12.1. The van der Waals surface area contributed by atoms with Gasteiger partial charge in [-0.1, -0.05) is 32.1 Å². The van der Waals surface area contributed by atoms with Crippen LogP contribution in [0.3, 0.4) is 0 Å². The molecule has 0 radical (unpaired) electrons. The van der Waals surface area contributed by atoms with Gasteiger partial charge in [0.05, 0.1) is 0 Å². The molecule has 2 aliphatic rings. The normalized spacial score (nSPS) is 24.9. The molecule has 1 amide bonds. The second-order valence-corrected chi connectivity index (χ2v) is 5.66. The molecule has 0 spiro atoms. The first-order chi connectivity index (χ1) is 8.31. The number of carbonyl (C=O) groups is 1. The number of hydrogen-bond donors (Lipinski definition) is 1. The van der Waals surface area contributed by atoms with Gasteiger partial charge in [-0.3, -0.25) is 4.79 Å². The van der Waals surface area contributed by atoms with Crippen LogP contribution in [0.5, 0.6) is 0 Å². The number of nitrogens with zero attached hydrogens (tertiary/aromatic N) is 1. The van der Waals surface area contributed by atoms with E-state index in [4.69, 9.17) is 5.73 Å². The maximum atomic E-state index is 11.9. The third-order valence-corrected chi connectivity index (χ3v) is 4.39. The van der Waals surface area contributed by atoms with Gasteiger partial charge in [-0.25, -0.2) is 0 Å². The topological polar surface area (TPSA) is 46.3 Å². The smallest absolute Gasteiger partial charge is 0.224 e. The zero-order valence-electron chi connectivity index (χ0n) is 11.3. The molecule has 1 atom stereocenters. The van der Waals surface area contributed by atoms with Crippen LogP contribution in [0, 0.1) is 5.92 Å².